The Hall–Kier alpha value is -3.05. The molecule has 3 atom stereocenters. The number of rotatable bonds is 6. The van der Waals surface area contributed by atoms with Gasteiger partial charge in [0.05, 0.1) is 14.2 Å². The Balaban J connectivity index is 1.44. The molecule has 1 aromatic heterocycles. The molecule has 32 heavy (non-hydrogen) atoms. The lowest BCUT2D eigenvalue weighted by molar-refractivity contribution is 0.0853. The predicted octanol–water partition coefficient (Wildman–Crippen LogP) is 4.27. The molecular formula is C27H30N2O3. The summed E-state index contributed by atoms with van der Waals surface area (Å²) in [4.78, 5) is 15.5. The van der Waals surface area contributed by atoms with Gasteiger partial charge in [-0.2, -0.15) is 0 Å². The first-order valence-corrected chi connectivity index (χ1v) is 11.3. The lowest BCUT2D eigenvalue weighted by Gasteiger charge is -2.47. The van der Waals surface area contributed by atoms with Gasteiger partial charge in [0, 0.05) is 43.4 Å². The molecule has 2 aliphatic heterocycles. The van der Waals surface area contributed by atoms with Crippen LogP contribution in [0.4, 0.5) is 0 Å². The summed E-state index contributed by atoms with van der Waals surface area (Å²) in [6.07, 6.45) is 1.97. The van der Waals surface area contributed by atoms with Gasteiger partial charge in [0.25, 0.3) is 5.56 Å². The van der Waals surface area contributed by atoms with E-state index in [4.69, 9.17) is 9.47 Å². The van der Waals surface area contributed by atoms with Gasteiger partial charge in [-0.15, -0.1) is 0 Å². The first-order valence-electron chi connectivity index (χ1n) is 11.3. The van der Waals surface area contributed by atoms with E-state index in [0.717, 1.165) is 44.0 Å². The number of fused-ring (bicyclic) bond motifs is 4. The smallest absolute Gasteiger partial charge is 0.251 e. The maximum Gasteiger partial charge on any atom is 0.251 e. The van der Waals surface area contributed by atoms with Crippen LogP contribution in [0.1, 0.15) is 35.2 Å². The van der Waals surface area contributed by atoms with Crippen LogP contribution in [0.2, 0.25) is 0 Å². The van der Waals surface area contributed by atoms with Crippen molar-refractivity contribution < 1.29 is 9.47 Å². The largest absolute Gasteiger partial charge is 0.497 e. The number of aromatic nitrogens is 1. The number of pyridine rings is 1. The number of methoxy groups -OCH3 is 2. The minimum Gasteiger partial charge on any atom is -0.497 e. The molecular weight excluding hydrogens is 400 g/mol. The fourth-order valence-electron chi connectivity index (χ4n) is 5.56. The highest BCUT2D eigenvalue weighted by atomic mass is 16.5. The highest BCUT2D eigenvalue weighted by molar-refractivity contribution is 5.30. The summed E-state index contributed by atoms with van der Waals surface area (Å²) in [5, 5.41) is 0. The summed E-state index contributed by atoms with van der Waals surface area (Å²) >= 11 is 0. The second-order valence-corrected chi connectivity index (χ2v) is 9.02. The van der Waals surface area contributed by atoms with Gasteiger partial charge in [0.1, 0.15) is 11.5 Å². The summed E-state index contributed by atoms with van der Waals surface area (Å²) in [5.74, 6) is 2.57. The summed E-state index contributed by atoms with van der Waals surface area (Å²) in [6.45, 7) is 2.90. The maximum atomic E-state index is 13.0. The Labute approximate surface area is 189 Å². The van der Waals surface area contributed by atoms with Gasteiger partial charge in [0.15, 0.2) is 0 Å². The highest BCUT2D eigenvalue weighted by Gasteiger charge is 2.40. The zero-order chi connectivity index (χ0) is 22.1. The molecule has 3 heterocycles. The van der Waals surface area contributed by atoms with Crippen LogP contribution >= 0.6 is 0 Å². The molecule has 0 amide bonds. The van der Waals surface area contributed by atoms with Crippen LogP contribution in [0.3, 0.4) is 0 Å². The van der Waals surface area contributed by atoms with Crippen molar-refractivity contribution in [2.75, 3.05) is 27.3 Å². The minimum atomic E-state index is 0.119. The maximum absolute atomic E-state index is 13.0. The standard InChI is InChI=1S/C27H30N2O3/c1-31-23-11-9-19(10-12-23)16-28-17-21-15-22(18-28)26(29-25(21)7-4-8-27(29)30)14-20-5-3-6-24(13-20)32-2/h3-13,21-22,26H,14-18H2,1-2H3/t21-,22+,26+/m1/s1. The number of hydrogen-bond acceptors (Lipinski definition) is 4. The fraction of sp³-hybridized carbons (Fsp3) is 0.370. The number of likely N-dealkylation sites (tertiary alicyclic amines) is 1. The molecule has 1 fully saturated rings. The molecule has 5 heteroatoms. The molecule has 0 N–H and O–H groups in total. The Morgan fingerprint density at radius 3 is 2.44 bits per heavy atom. The van der Waals surface area contributed by atoms with Crippen LogP contribution < -0.4 is 15.0 Å². The number of hydrogen-bond donors (Lipinski definition) is 0. The average Bonchev–Trinajstić information content (AvgIpc) is 2.82. The van der Waals surface area contributed by atoms with E-state index in [0.29, 0.717) is 11.8 Å². The molecule has 5 rings (SSSR count). The lowest BCUT2D eigenvalue weighted by atomic mass is 9.76. The van der Waals surface area contributed by atoms with Crippen LogP contribution in [0.5, 0.6) is 11.5 Å². The van der Waals surface area contributed by atoms with Crippen molar-refractivity contribution in [1.29, 1.82) is 0 Å². The van der Waals surface area contributed by atoms with Crippen LogP contribution in [0, 0.1) is 5.92 Å². The predicted molar refractivity (Wildman–Crippen MR) is 126 cm³/mol. The summed E-state index contributed by atoms with van der Waals surface area (Å²) in [6, 6.07) is 22.5. The summed E-state index contributed by atoms with van der Waals surface area (Å²) in [7, 11) is 3.39. The van der Waals surface area contributed by atoms with Gasteiger partial charge in [-0.25, -0.2) is 0 Å². The molecule has 2 aromatic carbocycles. The van der Waals surface area contributed by atoms with Crippen molar-refractivity contribution in [2.45, 2.75) is 31.3 Å². The van der Waals surface area contributed by atoms with Gasteiger partial charge in [0.2, 0.25) is 0 Å². The molecule has 2 bridgehead atoms. The van der Waals surface area contributed by atoms with Gasteiger partial charge < -0.3 is 14.0 Å². The third kappa shape index (κ3) is 4.05. The van der Waals surface area contributed by atoms with Gasteiger partial charge >= 0.3 is 0 Å². The normalized spacial score (nSPS) is 22.2. The van der Waals surface area contributed by atoms with Crippen LogP contribution in [0.15, 0.2) is 71.5 Å². The second-order valence-electron chi connectivity index (χ2n) is 9.02. The Morgan fingerprint density at radius 1 is 0.875 bits per heavy atom. The molecule has 0 radical (unpaired) electrons. The third-order valence-corrected chi connectivity index (χ3v) is 7.02. The molecule has 2 aliphatic rings. The van der Waals surface area contributed by atoms with Crippen LogP contribution in [-0.2, 0) is 13.0 Å². The number of piperidine rings is 1. The van der Waals surface area contributed by atoms with E-state index in [1.54, 1.807) is 20.3 Å². The van der Waals surface area contributed by atoms with Crippen molar-refractivity contribution in [3.05, 3.63) is 93.9 Å². The van der Waals surface area contributed by atoms with Crippen molar-refractivity contribution in [3.63, 3.8) is 0 Å². The fourth-order valence-corrected chi connectivity index (χ4v) is 5.56. The first kappa shape index (κ1) is 20.8. The van der Waals surface area contributed by atoms with E-state index < -0.39 is 0 Å². The minimum absolute atomic E-state index is 0.119. The van der Waals surface area contributed by atoms with Crippen LogP contribution in [0.25, 0.3) is 0 Å². The second kappa shape index (κ2) is 8.83. The Morgan fingerprint density at radius 2 is 1.66 bits per heavy atom. The van der Waals surface area contributed by atoms with Crippen molar-refractivity contribution >= 4 is 0 Å². The summed E-state index contributed by atoms with van der Waals surface area (Å²) < 4.78 is 12.8. The van der Waals surface area contributed by atoms with Gasteiger partial charge in [-0.3, -0.25) is 9.69 Å². The van der Waals surface area contributed by atoms with E-state index >= 15 is 0 Å². The molecule has 5 nitrogen and oxygen atoms in total. The number of nitrogens with zero attached hydrogens (tertiary/aromatic N) is 2. The zero-order valence-electron chi connectivity index (χ0n) is 18.7. The van der Waals surface area contributed by atoms with E-state index in [-0.39, 0.29) is 11.6 Å². The van der Waals surface area contributed by atoms with Crippen molar-refractivity contribution in [2.24, 2.45) is 5.92 Å². The molecule has 0 saturated carbocycles. The SMILES string of the molecule is COc1ccc(CN2C[C@H]3C[C@@H](C2)[C@H](Cc2cccc(OC)c2)n2c3cccc2=O)cc1. The zero-order valence-corrected chi connectivity index (χ0v) is 18.7. The Bertz CT molecular complexity index is 1140. The van der Waals surface area contributed by atoms with Gasteiger partial charge in [-0.1, -0.05) is 30.3 Å². The molecule has 0 spiro atoms. The molecule has 1 saturated heterocycles. The molecule has 0 unspecified atom stereocenters. The monoisotopic (exact) mass is 430 g/mol. The summed E-state index contributed by atoms with van der Waals surface area (Å²) in [5.41, 5.74) is 3.80. The third-order valence-electron chi connectivity index (χ3n) is 7.02. The number of ether oxygens (including phenoxy) is 2. The van der Waals surface area contributed by atoms with Crippen LogP contribution in [-0.4, -0.2) is 36.8 Å². The van der Waals surface area contributed by atoms with E-state index in [1.165, 1.54) is 16.8 Å². The first-order chi connectivity index (χ1) is 15.6. The van der Waals surface area contributed by atoms with Crippen molar-refractivity contribution in [3.8, 4) is 11.5 Å². The Kier molecular flexibility index (Phi) is 5.75. The van der Waals surface area contributed by atoms with E-state index in [2.05, 4.69) is 39.8 Å². The number of benzene rings is 2. The van der Waals surface area contributed by atoms with E-state index in [9.17, 15) is 4.79 Å². The topological polar surface area (TPSA) is 43.7 Å². The quantitative estimate of drug-likeness (QED) is 0.586. The van der Waals surface area contributed by atoms with E-state index in [1.807, 2.05) is 30.3 Å². The highest BCUT2D eigenvalue weighted by Crippen LogP contribution is 2.42. The molecule has 166 valence electrons. The van der Waals surface area contributed by atoms with Crippen molar-refractivity contribution in [1.82, 2.24) is 9.47 Å². The molecule has 3 aromatic rings. The lowest BCUT2D eigenvalue weighted by Crippen LogP contribution is -2.49. The van der Waals surface area contributed by atoms with Gasteiger partial charge in [-0.05, 0) is 60.2 Å². The average molecular weight is 431 g/mol. The molecule has 0 aliphatic carbocycles.